The third-order valence-corrected chi connectivity index (χ3v) is 3.67. The smallest absolute Gasteiger partial charge is 0.108 e. The van der Waals surface area contributed by atoms with Crippen LogP contribution in [0.3, 0.4) is 0 Å². The Labute approximate surface area is 110 Å². The van der Waals surface area contributed by atoms with Crippen molar-refractivity contribution in [1.82, 2.24) is 15.3 Å². The van der Waals surface area contributed by atoms with Gasteiger partial charge in [-0.2, -0.15) is 0 Å². The Bertz CT molecular complexity index is 507. The summed E-state index contributed by atoms with van der Waals surface area (Å²) in [6.45, 7) is 0.964. The lowest BCUT2D eigenvalue weighted by Gasteiger charge is -1.98. The van der Waals surface area contributed by atoms with Crippen LogP contribution in [0.1, 0.15) is 18.7 Å². The lowest BCUT2D eigenvalue weighted by molar-refractivity contribution is 0.670. The number of aromatic amines is 1. The molecular weight excluding hydrogens is 257 g/mol. The van der Waals surface area contributed by atoms with Crippen LogP contribution in [-0.4, -0.2) is 22.6 Å². The summed E-state index contributed by atoms with van der Waals surface area (Å²) in [4.78, 5) is 7.76. The molecule has 3 rings (SSSR count). The van der Waals surface area contributed by atoms with Crippen LogP contribution in [0.4, 0.5) is 0 Å². The molecule has 0 atom stereocenters. The first-order chi connectivity index (χ1) is 8.22. The highest BCUT2D eigenvalue weighted by Gasteiger charge is 2.19. The largest absolute Gasteiger partial charge is 0.342 e. The number of rotatable bonds is 4. The maximum atomic E-state index is 5.96. The summed E-state index contributed by atoms with van der Waals surface area (Å²) < 4.78 is 0. The zero-order chi connectivity index (χ0) is 11.8. The molecule has 1 heterocycles. The highest BCUT2D eigenvalue weighted by Crippen LogP contribution is 2.26. The van der Waals surface area contributed by atoms with Gasteiger partial charge in [-0.15, -0.1) is 0 Å². The molecule has 0 bridgehead atoms. The topological polar surface area (TPSA) is 40.7 Å². The summed E-state index contributed by atoms with van der Waals surface area (Å²) in [5.74, 6) is 0.978. The Morgan fingerprint density at radius 1 is 1.29 bits per heavy atom. The van der Waals surface area contributed by atoms with Gasteiger partial charge in [0.15, 0.2) is 0 Å². The lowest BCUT2D eigenvalue weighted by Crippen LogP contribution is -2.19. The van der Waals surface area contributed by atoms with Crippen molar-refractivity contribution in [3.8, 4) is 0 Å². The van der Waals surface area contributed by atoms with E-state index in [4.69, 9.17) is 23.2 Å². The average Bonchev–Trinajstić information content (AvgIpc) is 3.02. The van der Waals surface area contributed by atoms with E-state index in [1.807, 2.05) is 6.07 Å². The standard InChI is InChI=1S/C12H13Cl2N3/c13-8-5-10-11(6-9(8)14)17-12(16-10)3-4-15-7-1-2-7/h5-7,15H,1-4H2,(H,16,17). The molecule has 0 aliphatic heterocycles. The molecule has 1 aliphatic rings. The Morgan fingerprint density at radius 2 is 2.06 bits per heavy atom. The highest BCUT2D eigenvalue weighted by molar-refractivity contribution is 6.42. The first-order valence-electron chi connectivity index (χ1n) is 5.79. The molecule has 1 saturated carbocycles. The molecule has 3 nitrogen and oxygen atoms in total. The minimum atomic E-state index is 0.549. The van der Waals surface area contributed by atoms with E-state index in [-0.39, 0.29) is 0 Å². The Hall–Kier alpha value is -0.770. The number of hydrogen-bond donors (Lipinski definition) is 2. The molecule has 90 valence electrons. The van der Waals surface area contributed by atoms with Crippen LogP contribution in [0.2, 0.25) is 10.0 Å². The van der Waals surface area contributed by atoms with Gasteiger partial charge in [-0.1, -0.05) is 23.2 Å². The minimum absolute atomic E-state index is 0.549. The molecular formula is C12H13Cl2N3. The Kier molecular flexibility index (Phi) is 2.99. The maximum Gasteiger partial charge on any atom is 0.108 e. The van der Waals surface area contributed by atoms with Crippen molar-refractivity contribution >= 4 is 34.2 Å². The zero-order valence-corrected chi connectivity index (χ0v) is 10.8. The van der Waals surface area contributed by atoms with Crippen LogP contribution in [0, 0.1) is 0 Å². The van der Waals surface area contributed by atoms with Gasteiger partial charge in [-0.05, 0) is 25.0 Å². The van der Waals surface area contributed by atoms with E-state index in [0.29, 0.717) is 10.0 Å². The van der Waals surface area contributed by atoms with Gasteiger partial charge >= 0.3 is 0 Å². The van der Waals surface area contributed by atoms with Gasteiger partial charge in [-0.3, -0.25) is 0 Å². The van der Waals surface area contributed by atoms with Crippen LogP contribution in [0.15, 0.2) is 12.1 Å². The van der Waals surface area contributed by atoms with Crippen molar-refractivity contribution in [1.29, 1.82) is 0 Å². The van der Waals surface area contributed by atoms with E-state index in [0.717, 1.165) is 35.9 Å². The number of nitrogens with one attached hydrogen (secondary N) is 2. The maximum absolute atomic E-state index is 5.96. The van der Waals surface area contributed by atoms with Crippen LogP contribution >= 0.6 is 23.2 Å². The van der Waals surface area contributed by atoms with E-state index in [1.54, 1.807) is 6.07 Å². The second kappa shape index (κ2) is 4.48. The minimum Gasteiger partial charge on any atom is -0.342 e. The normalized spacial score (nSPS) is 15.6. The summed E-state index contributed by atoms with van der Waals surface area (Å²) in [7, 11) is 0. The second-order valence-electron chi connectivity index (χ2n) is 4.45. The molecule has 1 aromatic carbocycles. The monoisotopic (exact) mass is 269 g/mol. The number of aromatic nitrogens is 2. The molecule has 0 radical (unpaired) electrons. The number of H-pyrrole nitrogens is 1. The zero-order valence-electron chi connectivity index (χ0n) is 9.26. The molecule has 0 amide bonds. The third kappa shape index (κ3) is 2.57. The molecule has 17 heavy (non-hydrogen) atoms. The SMILES string of the molecule is Clc1cc2nc(CCNC3CC3)[nH]c2cc1Cl. The van der Waals surface area contributed by atoms with Crippen molar-refractivity contribution in [2.75, 3.05) is 6.54 Å². The van der Waals surface area contributed by atoms with Gasteiger partial charge in [0.05, 0.1) is 21.1 Å². The number of imidazole rings is 1. The van der Waals surface area contributed by atoms with Crippen molar-refractivity contribution < 1.29 is 0 Å². The van der Waals surface area contributed by atoms with Crippen molar-refractivity contribution in [3.63, 3.8) is 0 Å². The van der Waals surface area contributed by atoms with Gasteiger partial charge in [0.25, 0.3) is 0 Å². The van der Waals surface area contributed by atoms with Crippen LogP contribution in [-0.2, 0) is 6.42 Å². The molecule has 0 spiro atoms. The quantitative estimate of drug-likeness (QED) is 0.895. The summed E-state index contributed by atoms with van der Waals surface area (Å²) in [5, 5.41) is 4.57. The molecule has 1 aliphatic carbocycles. The van der Waals surface area contributed by atoms with Gasteiger partial charge in [0.2, 0.25) is 0 Å². The molecule has 0 saturated heterocycles. The Balaban J connectivity index is 1.75. The van der Waals surface area contributed by atoms with Crippen molar-refractivity contribution in [3.05, 3.63) is 28.0 Å². The fraction of sp³-hybridized carbons (Fsp3) is 0.417. The van der Waals surface area contributed by atoms with E-state index in [2.05, 4.69) is 15.3 Å². The summed E-state index contributed by atoms with van der Waals surface area (Å²) >= 11 is 11.9. The number of fused-ring (bicyclic) bond motifs is 1. The van der Waals surface area contributed by atoms with Gasteiger partial charge in [-0.25, -0.2) is 4.98 Å². The molecule has 1 fully saturated rings. The fourth-order valence-electron chi connectivity index (χ4n) is 1.86. The first kappa shape index (κ1) is 11.3. The van der Waals surface area contributed by atoms with Gasteiger partial charge in [0.1, 0.15) is 5.82 Å². The number of benzene rings is 1. The summed E-state index contributed by atoms with van der Waals surface area (Å²) in [5.41, 5.74) is 1.82. The fourth-order valence-corrected chi connectivity index (χ4v) is 2.18. The number of nitrogens with zero attached hydrogens (tertiary/aromatic N) is 1. The number of hydrogen-bond acceptors (Lipinski definition) is 2. The van der Waals surface area contributed by atoms with Crippen LogP contribution in [0.5, 0.6) is 0 Å². The number of halogens is 2. The molecule has 1 aromatic heterocycles. The van der Waals surface area contributed by atoms with Crippen molar-refractivity contribution in [2.24, 2.45) is 0 Å². The predicted molar refractivity (Wildman–Crippen MR) is 70.8 cm³/mol. The average molecular weight is 270 g/mol. The highest BCUT2D eigenvalue weighted by atomic mass is 35.5. The summed E-state index contributed by atoms with van der Waals surface area (Å²) in [6, 6.07) is 4.36. The van der Waals surface area contributed by atoms with Gasteiger partial charge < -0.3 is 10.3 Å². The molecule has 0 unspecified atom stereocenters. The molecule has 5 heteroatoms. The first-order valence-corrected chi connectivity index (χ1v) is 6.55. The van der Waals surface area contributed by atoms with E-state index in [1.165, 1.54) is 12.8 Å². The van der Waals surface area contributed by atoms with Crippen LogP contribution < -0.4 is 5.32 Å². The third-order valence-electron chi connectivity index (χ3n) is 2.95. The Morgan fingerprint density at radius 3 is 2.82 bits per heavy atom. The second-order valence-corrected chi connectivity index (χ2v) is 5.26. The molecule has 2 aromatic rings. The molecule has 2 N–H and O–H groups in total. The van der Waals surface area contributed by atoms with E-state index >= 15 is 0 Å². The van der Waals surface area contributed by atoms with E-state index < -0.39 is 0 Å². The van der Waals surface area contributed by atoms with Crippen LogP contribution in [0.25, 0.3) is 11.0 Å². The summed E-state index contributed by atoms with van der Waals surface area (Å²) in [6.07, 6.45) is 3.52. The van der Waals surface area contributed by atoms with Gasteiger partial charge in [0, 0.05) is 19.0 Å². The van der Waals surface area contributed by atoms with Crippen molar-refractivity contribution in [2.45, 2.75) is 25.3 Å². The lowest BCUT2D eigenvalue weighted by atomic mass is 10.3. The predicted octanol–water partition coefficient (Wildman–Crippen LogP) is 3.16. The van der Waals surface area contributed by atoms with E-state index in [9.17, 15) is 0 Å².